The summed E-state index contributed by atoms with van der Waals surface area (Å²) in [4.78, 5) is 2.16. The van der Waals surface area contributed by atoms with Crippen molar-refractivity contribution in [1.82, 2.24) is 0 Å². The fraction of sp³-hybridized carbons (Fsp3) is 0.500. The number of hydrogen-bond acceptors (Lipinski definition) is 2. The van der Waals surface area contributed by atoms with Crippen molar-refractivity contribution in [3.8, 4) is 6.07 Å². The molecule has 1 aromatic rings. The van der Waals surface area contributed by atoms with Crippen LogP contribution in [0.2, 0.25) is 0 Å². The van der Waals surface area contributed by atoms with Crippen molar-refractivity contribution < 1.29 is 4.39 Å². The third kappa shape index (κ3) is 2.76. The van der Waals surface area contributed by atoms with E-state index in [1.54, 1.807) is 12.1 Å². The number of halogens is 1. The van der Waals surface area contributed by atoms with Gasteiger partial charge in [0.15, 0.2) is 0 Å². The lowest BCUT2D eigenvalue weighted by atomic mass is 10.0. The molecule has 0 heterocycles. The van der Waals surface area contributed by atoms with Crippen molar-refractivity contribution in [2.45, 2.75) is 26.2 Å². The smallest absolute Gasteiger partial charge is 0.125 e. The Labute approximate surface area is 102 Å². The van der Waals surface area contributed by atoms with E-state index < -0.39 is 0 Å². The van der Waals surface area contributed by atoms with E-state index in [2.05, 4.69) is 17.9 Å². The van der Waals surface area contributed by atoms with Gasteiger partial charge in [-0.05, 0) is 38.0 Å². The molecule has 3 heteroatoms. The Kier molecular flexibility index (Phi) is 3.33. The summed E-state index contributed by atoms with van der Waals surface area (Å²) < 4.78 is 13.2. The van der Waals surface area contributed by atoms with Crippen molar-refractivity contribution in [3.05, 3.63) is 30.1 Å². The summed E-state index contributed by atoms with van der Waals surface area (Å²) >= 11 is 0. The van der Waals surface area contributed by atoms with Crippen LogP contribution in [0, 0.1) is 22.6 Å². The largest absolute Gasteiger partial charge is 0.371 e. The summed E-state index contributed by atoms with van der Waals surface area (Å²) in [5, 5.41) is 8.81. The summed E-state index contributed by atoms with van der Waals surface area (Å²) in [6, 6.07) is 8.94. The van der Waals surface area contributed by atoms with Crippen LogP contribution >= 0.6 is 0 Å². The van der Waals surface area contributed by atoms with Crippen LogP contribution in [-0.4, -0.2) is 13.1 Å². The Balaban J connectivity index is 2.10. The molecule has 0 spiro atoms. The molecule has 2 rings (SSSR count). The highest BCUT2D eigenvalue weighted by molar-refractivity contribution is 5.47. The number of nitriles is 1. The summed E-state index contributed by atoms with van der Waals surface area (Å²) in [7, 11) is 0. The van der Waals surface area contributed by atoms with Crippen molar-refractivity contribution in [2.24, 2.45) is 5.41 Å². The zero-order chi connectivity index (χ0) is 12.3. The maximum Gasteiger partial charge on any atom is 0.125 e. The Morgan fingerprint density at radius 1 is 1.47 bits per heavy atom. The van der Waals surface area contributed by atoms with E-state index in [4.69, 9.17) is 5.26 Å². The molecule has 1 aromatic carbocycles. The molecule has 1 saturated carbocycles. The van der Waals surface area contributed by atoms with Gasteiger partial charge in [0.05, 0.1) is 6.07 Å². The molecule has 0 amide bonds. The molecular weight excluding hydrogens is 215 g/mol. The fourth-order valence-corrected chi connectivity index (χ4v) is 2.20. The molecule has 0 aliphatic heterocycles. The van der Waals surface area contributed by atoms with Gasteiger partial charge in [0, 0.05) is 30.6 Å². The van der Waals surface area contributed by atoms with Crippen LogP contribution in [0.25, 0.3) is 0 Å². The second-order valence-corrected chi connectivity index (χ2v) is 4.83. The lowest BCUT2D eigenvalue weighted by molar-refractivity contribution is 0.512. The molecule has 1 fully saturated rings. The van der Waals surface area contributed by atoms with Gasteiger partial charge < -0.3 is 4.90 Å². The van der Waals surface area contributed by atoms with E-state index in [1.165, 1.54) is 6.07 Å². The average molecular weight is 232 g/mol. The summed E-state index contributed by atoms with van der Waals surface area (Å²) in [5.74, 6) is -0.203. The van der Waals surface area contributed by atoms with E-state index in [0.717, 1.165) is 31.6 Å². The van der Waals surface area contributed by atoms with Crippen LogP contribution in [0.15, 0.2) is 24.3 Å². The van der Waals surface area contributed by atoms with E-state index >= 15 is 0 Å². The van der Waals surface area contributed by atoms with E-state index in [0.29, 0.717) is 6.42 Å². The lowest BCUT2D eigenvalue weighted by Crippen LogP contribution is -2.30. The second-order valence-electron chi connectivity index (χ2n) is 4.83. The normalized spacial score (nSPS) is 16.3. The molecule has 1 aliphatic rings. The van der Waals surface area contributed by atoms with Crippen LogP contribution in [0.1, 0.15) is 26.2 Å². The maximum atomic E-state index is 13.2. The van der Waals surface area contributed by atoms with Gasteiger partial charge in [0.2, 0.25) is 0 Å². The summed E-state index contributed by atoms with van der Waals surface area (Å²) in [6.07, 6.45) is 2.84. The molecule has 0 radical (unpaired) electrons. The minimum absolute atomic E-state index is 0.164. The zero-order valence-corrected chi connectivity index (χ0v) is 10.1. The average Bonchev–Trinajstić information content (AvgIpc) is 3.07. The Hall–Kier alpha value is -1.56. The predicted molar refractivity (Wildman–Crippen MR) is 66.2 cm³/mol. The van der Waals surface area contributed by atoms with Crippen LogP contribution in [0.3, 0.4) is 0 Å². The van der Waals surface area contributed by atoms with Gasteiger partial charge in [-0.1, -0.05) is 6.07 Å². The van der Waals surface area contributed by atoms with Crippen molar-refractivity contribution in [3.63, 3.8) is 0 Å². The van der Waals surface area contributed by atoms with Gasteiger partial charge >= 0.3 is 0 Å². The number of rotatable bonds is 5. The van der Waals surface area contributed by atoms with Crippen LogP contribution in [0.5, 0.6) is 0 Å². The van der Waals surface area contributed by atoms with Gasteiger partial charge in [-0.2, -0.15) is 5.26 Å². The van der Waals surface area contributed by atoms with Gasteiger partial charge in [0.1, 0.15) is 5.82 Å². The molecule has 0 bridgehead atoms. The van der Waals surface area contributed by atoms with E-state index in [9.17, 15) is 4.39 Å². The van der Waals surface area contributed by atoms with Crippen LogP contribution in [0.4, 0.5) is 10.1 Å². The van der Waals surface area contributed by atoms with Crippen molar-refractivity contribution in [2.75, 3.05) is 18.0 Å². The number of anilines is 1. The lowest BCUT2D eigenvalue weighted by Gasteiger charge is -2.27. The van der Waals surface area contributed by atoms with Gasteiger partial charge in [0.25, 0.3) is 0 Å². The molecule has 0 N–H and O–H groups in total. The first kappa shape index (κ1) is 11.9. The topological polar surface area (TPSA) is 27.0 Å². The van der Waals surface area contributed by atoms with Crippen LogP contribution in [-0.2, 0) is 0 Å². The SMILES string of the molecule is CCN(CC1(CC#N)CC1)c1cccc(F)c1. The molecule has 1 aliphatic carbocycles. The molecular formula is C14H17FN2. The minimum Gasteiger partial charge on any atom is -0.371 e. The summed E-state index contributed by atoms with van der Waals surface area (Å²) in [6.45, 7) is 3.77. The third-order valence-corrected chi connectivity index (χ3v) is 3.49. The molecule has 0 atom stereocenters. The summed E-state index contributed by atoms with van der Waals surface area (Å²) in [5.41, 5.74) is 1.08. The Morgan fingerprint density at radius 2 is 2.24 bits per heavy atom. The molecule has 90 valence electrons. The van der Waals surface area contributed by atoms with Gasteiger partial charge in [-0.15, -0.1) is 0 Å². The maximum absolute atomic E-state index is 13.2. The fourth-order valence-electron chi connectivity index (χ4n) is 2.20. The second kappa shape index (κ2) is 4.75. The first-order valence-corrected chi connectivity index (χ1v) is 6.06. The molecule has 2 nitrogen and oxygen atoms in total. The van der Waals surface area contributed by atoms with E-state index in [-0.39, 0.29) is 11.2 Å². The zero-order valence-electron chi connectivity index (χ0n) is 10.1. The van der Waals surface area contributed by atoms with Crippen LogP contribution < -0.4 is 4.90 Å². The highest BCUT2D eigenvalue weighted by Crippen LogP contribution is 2.49. The number of hydrogen-bond donors (Lipinski definition) is 0. The number of benzene rings is 1. The van der Waals surface area contributed by atoms with E-state index in [1.807, 2.05) is 6.07 Å². The minimum atomic E-state index is -0.203. The van der Waals surface area contributed by atoms with Gasteiger partial charge in [-0.25, -0.2) is 4.39 Å². The molecule has 17 heavy (non-hydrogen) atoms. The van der Waals surface area contributed by atoms with Crippen molar-refractivity contribution in [1.29, 1.82) is 5.26 Å². The van der Waals surface area contributed by atoms with Gasteiger partial charge in [-0.3, -0.25) is 0 Å². The highest BCUT2D eigenvalue weighted by Gasteiger charge is 2.43. The number of nitrogens with zero attached hydrogens (tertiary/aromatic N) is 2. The third-order valence-electron chi connectivity index (χ3n) is 3.49. The first-order valence-electron chi connectivity index (χ1n) is 6.06. The standard InChI is InChI=1S/C14H17FN2/c1-2-17(11-14(6-7-14)8-9-16)13-5-3-4-12(15)10-13/h3-5,10H,2,6-8,11H2,1H3. The van der Waals surface area contributed by atoms with Crippen molar-refractivity contribution >= 4 is 5.69 Å². The quantitative estimate of drug-likeness (QED) is 0.778. The highest BCUT2D eigenvalue weighted by atomic mass is 19.1. The molecule has 0 saturated heterocycles. The molecule has 0 aromatic heterocycles. The first-order chi connectivity index (χ1) is 8.19. The Morgan fingerprint density at radius 3 is 2.76 bits per heavy atom. The molecule has 0 unspecified atom stereocenters. The monoisotopic (exact) mass is 232 g/mol. The Bertz CT molecular complexity index is 432. The predicted octanol–water partition coefficient (Wildman–Crippen LogP) is 3.35.